The Morgan fingerprint density at radius 3 is 2.45 bits per heavy atom. The molecule has 96 valence electrons. The molecule has 3 aromatic rings. The van der Waals surface area contributed by atoms with E-state index in [4.69, 9.17) is 0 Å². The molecule has 3 heteroatoms. The molecule has 0 aliphatic rings. The van der Waals surface area contributed by atoms with Gasteiger partial charge in [-0.2, -0.15) is 0 Å². The highest BCUT2D eigenvalue weighted by Gasteiger charge is 2.00. The molecule has 0 spiro atoms. The largest absolute Gasteiger partial charge is 0.323 e. The van der Waals surface area contributed by atoms with Gasteiger partial charge in [-0.15, -0.1) is 0 Å². The maximum Gasteiger partial charge on any atom is 0.123 e. The lowest BCUT2D eigenvalue weighted by molar-refractivity contribution is 0.627. The first-order valence-electron chi connectivity index (χ1n) is 6.18. The van der Waals surface area contributed by atoms with Gasteiger partial charge in [0.1, 0.15) is 5.82 Å². The molecule has 0 fully saturated rings. The Labute approximate surface area is 116 Å². The fourth-order valence-corrected chi connectivity index (χ4v) is 1.88. The second-order valence-electron chi connectivity index (χ2n) is 4.24. The molecule has 2 nitrogen and oxygen atoms in total. The lowest BCUT2D eigenvalue weighted by atomic mass is 10.2. The lowest BCUT2D eigenvalue weighted by Crippen LogP contribution is -1.94. The number of halogens is 1. The summed E-state index contributed by atoms with van der Waals surface area (Å²) in [5.74, 6) is 5.84. The smallest absolute Gasteiger partial charge is 0.123 e. The number of benzene rings is 1. The van der Waals surface area contributed by atoms with E-state index in [0.29, 0.717) is 0 Å². The van der Waals surface area contributed by atoms with E-state index in [9.17, 15) is 4.39 Å². The number of rotatable bonds is 1. The van der Waals surface area contributed by atoms with E-state index in [1.54, 1.807) is 24.5 Å². The van der Waals surface area contributed by atoms with Crippen molar-refractivity contribution in [2.24, 2.45) is 0 Å². The fraction of sp³-hybridized carbons (Fsp3) is 0. The molecule has 0 unspecified atom stereocenters. The van der Waals surface area contributed by atoms with Gasteiger partial charge in [-0.05, 0) is 42.5 Å². The Bertz CT molecular complexity index is 763. The van der Waals surface area contributed by atoms with Crippen LogP contribution in [0.4, 0.5) is 4.39 Å². The van der Waals surface area contributed by atoms with E-state index >= 15 is 0 Å². The maximum atomic E-state index is 12.8. The molecule has 0 bridgehead atoms. The van der Waals surface area contributed by atoms with Gasteiger partial charge in [0.15, 0.2) is 0 Å². The summed E-state index contributed by atoms with van der Waals surface area (Å²) in [5, 5.41) is 0. The van der Waals surface area contributed by atoms with E-state index in [0.717, 1.165) is 16.8 Å². The summed E-state index contributed by atoms with van der Waals surface area (Å²) in [7, 11) is 0. The first-order valence-corrected chi connectivity index (χ1v) is 6.18. The first-order chi connectivity index (χ1) is 9.83. The van der Waals surface area contributed by atoms with Gasteiger partial charge >= 0.3 is 0 Å². The summed E-state index contributed by atoms with van der Waals surface area (Å²) >= 11 is 0. The molecule has 0 saturated carbocycles. The van der Waals surface area contributed by atoms with Crippen LogP contribution in [0.2, 0.25) is 0 Å². The molecule has 0 amide bonds. The molecule has 0 radical (unpaired) electrons. The molecule has 3 rings (SSSR count). The van der Waals surface area contributed by atoms with Crippen molar-refractivity contribution in [1.29, 1.82) is 0 Å². The highest BCUT2D eigenvalue weighted by Crippen LogP contribution is 2.12. The molecule has 0 atom stereocenters. The van der Waals surface area contributed by atoms with Crippen molar-refractivity contribution in [3.8, 4) is 17.5 Å². The van der Waals surface area contributed by atoms with Crippen LogP contribution in [0, 0.1) is 17.7 Å². The molecule has 0 N–H and O–H groups in total. The van der Waals surface area contributed by atoms with Gasteiger partial charge in [-0.25, -0.2) is 4.39 Å². The minimum absolute atomic E-state index is 0.259. The molecule has 1 aromatic carbocycles. The molecular weight excluding hydrogens is 251 g/mol. The highest BCUT2D eigenvalue weighted by molar-refractivity contribution is 5.52. The van der Waals surface area contributed by atoms with Crippen molar-refractivity contribution in [3.05, 3.63) is 84.2 Å². The Morgan fingerprint density at radius 2 is 1.70 bits per heavy atom. The molecule has 2 heterocycles. The average molecular weight is 262 g/mol. The SMILES string of the molecule is Fc1ccc(C#Cc2cnccc2-n2cccc2)cc1. The second kappa shape index (κ2) is 5.41. The second-order valence-corrected chi connectivity index (χ2v) is 4.24. The molecule has 0 aliphatic heterocycles. The van der Waals surface area contributed by atoms with Gasteiger partial charge in [0.2, 0.25) is 0 Å². The number of aromatic nitrogens is 2. The zero-order valence-electron chi connectivity index (χ0n) is 10.6. The standard InChI is InChI=1S/C17H11FN2/c18-16-7-4-14(5-8-16)3-6-15-13-19-10-9-17(15)20-11-1-2-12-20/h1-2,4-5,7-13H. The van der Waals surface area contributed by atoms with Crippen LogP contribution in [-0.2, 0) is 0 Å². The van der Waals surface area contributed by atoms with Crippen molar-refractivity contribution in [1.82, 2.24) is 9.55 Å². The monoisotopic (exact) mass is 262 g/mol. The van der Waals surface area contributed by atoms with E-state index in [1.807, 2.05) is 35.2 Å². The lowest BCUT2D eigenvalue weighted by Gasteiger charge is -2.04. The molecule has 0 saturated heterocycles. The van der Waals surface area contributed by atoms with Crippen molar-refractivity contribution < 1.29 is 4.39 Å². The fourth-order valence-electron chi connectivity index (χ4n) is 1.88. The van der Waals surface area contributed by atoms with Gasteiger partial charge in [0.05, 0.1) is 11.3 Å². The quantitative estimate of drug-likeness (QED) is 0.614. The third-order valence-electron chi connectivity index (χ3n) is 2.87. The van der Waals surface area contributed by atoms with E-state index in [-0.39, 0.29) is 5.82 Å². The zero-order chi connectivity index (χ0) is 13.8. The highest BCUT2D eigenvalue weighted by atomic mass is 19.1. The summed E-state index contributed by atoms with van der Waals surface area (Å²) in [6.07, 6.45) is 7.38. The topological polar surface area (TPSA) is 17.8 Å². The third-order valence-corrected chi connectivity index (χ3v) is 2.87. The zero-order valence-corrected chi connectivity index (χ0v) is 10.6. The van der Waals surface area contributed by atoms with Crippen LogP contribution in [0.25, 0.3) is 5.69 Å². The number of hydrogen-bond donors (Lipinski definition) is 0. The van der Waals surface area contributed by atoms with E-state index in [2.05, 4.69) is 16.8 Å². The summed E-state index contributed by atoms with van der Waals surface area (Å²) < 4.78 is 14.8. The first kappa shape index (κ1) is 12.2. The Morgan fingerprint density at radius 1 is 0.950 bits per heavy atom. The van der Waals surface area contributed by atoms with Crippen LogP contribution in [0.15, 0.2) is 67.3 Å². The Kier molecular flexibility index (Phi) is 3.30. The number of nitrogens with zero attached hydrogens (tertiary/aromatic N) is 2. The van der Waals surface area contributed by atoms with Crippen molar-refractivity contribution in [2.75, 3.05) is 0 Å². The molecule has 2 aromatic heterocycles. The van der Waals surface area contributed by atoms with Crippen LogP contribution in [0.3, 0.4) is 0 Å². The van der Waals surface area contributed by atoms with Gasteiger partial charge in [0, 0.05) is 30.4 Å². The molecular formula is C17H11FN2. The number of pyridine rings is 1. The van der Waals surface area contributed by atoms with Gasteiger partial charge in [0.25, 0.3) is 0 Å². The van der Waals surface area contributed by atoms with Gasteiger partial charge < -0.3 is 4.57 Å². The molecule has 20 heavy (non-hydrogen) atoms. The van der Waals surface area contributed by atoms with Crippen molar-refractivity contribution in [2.45, 2.75) is 0 Å². The minimum Gasteiger partial charge on any atom is -0.323 e. The van der Waals surface area contributed by atoms with Crippen molar-refractivity contribution >= 4 is 0 Å². The van der Waals surface area contributed by atoms with Crippen LogP contribution in [-0.4, -0.2) is 9.55 Å². The summed E-state index contributed by atoms with van der Waals surface area (Å²) in [6, 6.07) is 12.0. The van der Waals surface area contributed by atoms with Crippen LogP contribution < -0.4 is 0 Å². The summed E-state index contributed by atoms with van der Waals surface area (Å²) in [5.41, 5.74) is 2.57. The maximum absolute atomic E-state index is 12.8. The van der Waals surface area contributed by atoms with Gasteiger partial charge in [-0.1, -0.05) is 11.8 Å². The average Bonchev–Trinajstić information content (AvgIpc) is 3.01. The Balaban J connectivity index is 1.98. The van der Waals surface area contributed by atoms with E-state index in [1.165, 1.54) is 12.1 Å². The van der Waals surface area contributed by atoms with Crippen LogP contribution >= 0.6 is 0 Å². The molecule has 0 aliphatic carbocycles. The van der Waals surface area contributed by atoms with Crippen LogP contribution in [0.5, 0.6) is 0 Å². The van der Waals surface area contributed by atoms with Gasteiger partial charge in [-0.3, -0.25) is 4.98 Å². The van der Waals surface area contributed by atoms with Crippen LogP contribution in [0.1, 0.15) is 11.1 Å². The van der Waals surface area contributed by atoms with E-state index < -0.39 is 0 Å². The number of hydrogen-bond acceptors (Lipinski definition) is 1. The third kappa shape index (κ3) is 2.60. The summed E-state index contributed by atoms with van der Waals surface area (Å²) in [4.78, 5) is 4.11. The Hall–Kier alpha value is -2.86. The normalized spacial score (nSPS) is 9.85. The minimum atomic E-state index is -0.259. The predicted molar refractivity (Wildman–Crippen MR) is 75.9 cm³/mol. The van der Waals surface area contributed by atoms with Crippen molar-refractivity contribution in [3.63, 3.8) is 0 Å². The predicted octanol–water partition coefficient (Wildman–Crippen LogP) is 3.41. The summed E-state index contributed by atoms with van der Waals surface area (Å²) in [6.45, 7) is 0.